The van der Waals surface area contributed by atoms with Crippen molar-refractivity contribution in [1.29, 1.82) is 0 Å². The van der Waals surface area contributed by atoms with E-state index < -0.39 is 16.7 Å². The minimum atomic E-state index is -0.542. The van der Waals surface area contributed by atoms with Crippen LogP contribution in [0.3, 0.4) is 0 Å². The van der Waals surface area contributed by atoms with E-state index in [0.29, 0.717) is 11.4 Å². The van der Waals surface area contributed by atoms with Crippen molar-refractivity contribution in [2.45, 2.75) is 6.42 Å². The Balaban J connectivity index is 1.81. The van der Waals surface area contributed by atoms with E-state index in [1.54, 1.807) is 24.3 Å². The SMILES string of the molecule is NC(=O)CCOc1ccc(NC(=O)COc2cccc([N+](=O)[O-])c2)cc1. The minimum Gasteiger partial charge on any atom is -0.493 e. The standard InChI is InChI=1S/C17H17N3O6/c18-16(21)8-9-25-14-6-4-12(5-7-14)19-17(22)11-26-15-3-1-2-13(10-15)20(23)24/h1-7,10H,8-9,11H2,(H2,18,21)(H,19,22). The minimum absolute atomic E-state index is 0.116. The zero-order chi connectivity index (χ0) is 18.9. The quantitative estimate of drug-likeness (QED) is 0.518. The lowest BCUT2D eigenvalue weighted by molar-refractivity contribution is -0.384. The number of benzene rings is 2. The first-order chi connectivity index (χ1) is 12.4. The third-order valence-electron chi connectivity index (χ3n) is 3.15. The van der Waals surface area contributed by atoms with Crippen LogP contribution < -0.4 is 20.5 Å². The van der Waals surface area contributed by atoms with Crippen LogP contribution in [0.15, 0.2) is 48.5 Å². The molecule has 0 radical (unpaired) electrons. The summed E-state index contributed by atoms with van der Waals surface area (Å²) in [6.07, 6.45) is 0.119. The molecule has 0 aliphatic heterocycles. The smallest absolute Gasteiger partial charge is 0.273 e. The highest BCUT2D eigenvalue weighted by Gasteiger charge is 2.08. The average molecular weight is 359 g/mol. The molecule has 0 fully saturated rings. The van der Waals surface area contributed by atoms with Crippen LogP contribution in [0, 0.1) is 10.1 Å². The number of primary amides is 1. The number of carbonyl (C=O) groups excluding carboxylic acids is 2. The predicted molar refractivity (Wildman–Crippen MR) is 93.0 cm³/mol. The Morgan fingerprint density at radius 1 is 1.08 bits per heavy atom. The van der Waals surface area contributed by atoms with Gasteiger partial charge in [-0.05, 0) is 30.3 Å². The number of rotatable bonds is 9. The number of carbonyl (C=O) groups is 2. The van der Waals surface area contributed by atoms with E-state index in [0.717, 1.165) is 0 Å². The van der Waals surface area contributed by atoms with Gasteiger partial charge in [-0.25, -0.2) is 0 Å². The molecule has 136 valence electrons. The summed E-state index contributed by atoms with van der Waals surface area (Å²) in [5.41, 5.74) is 5.43. The molecule has 9 nitrogen and oxygen atoms in total. The van der Waals surface area contributed by atoms with Crippen molar-refractivity contribution in [1.82, 2.24) is 0 Å². The van der Waals surface area contributed by atoms with Gasteiger partial charge in [-0.3, -0.25) is 19.7 Å². The van der Waals surface area contributed by atoms with Crippen molar-refractivity contribution in [2.75, 3.05) is 18.5 Å². The second-order valence-corrected chi connectivity index (χ2v) is 5.18. The van der Waals surface area contributed by atoms with Crippen molar-refractivity contribution in [3.8, 4) is 11.5 Å². The highest BCUT2D eigenvalue weighted by Crippen LogP contribution is 2.19. The van der Waals surface area contributed by atoms with Gasteiger partial charge in [-0.15, -0.1) is 0 Å². The first kappa shape index (κ1) is 18.7. The third-order valence-corrected chi connectivity index (χ3v) is 3.15. The molecule has 26 heavy (non-hydrogen) atoms. The number of hydrogen-bond donors (Lipinski definition) is 2. The molecule has 0 saturated carbocycles. The monoisotopic (exact) mass is 359 g/mol. The average Bonchev–Trinajstić information content (AvgIpc) is 2.61. The highest BCUT2D eigenvalue weighted by molar-refractivity contribution is 5.91. The summed E-state index contributed by atoms with van der Waals surface area (Å²) in [6, 6.07) is 12.1. The molecule has 9 heteroatoms. The van der Waals surface area contributed by atoms with E-state index in [1.807, 2.05) is 0 Å². The van der Waals surface area contributed by atoms with E-state index in [-0.39, 0.29) is 31.1 Å². The Bertz CT molecular complexity index is 791. The first-order valence-corrected chi connectivity index (χ1v) is 7.62. The number of nitrogens with two attached hydrogens (primary N) is 1. The highest BCUT2D eigenvalue weighted by atomic mass is 16.6. The number of anilines is 1. The molecule has 0 saturated heterocycles. The summed E-state index contributed by atoms with van der Waals surface area (Å²) in [6.45, 7) is -0.115. The molecular formula is C17H17N3O6. The van der Waals surface area contributed by atoms with E-state index in [1.165, 1.54) is 24.3 Å². The molecular weight excluding hydrogens is 342 g/mol. The molecule has 0 aliphatic rings. The van der Waals surface area contributed by atoms with E-state index in [2.05, 4.69) is 5.32 Å². The molecule has 0 aromatic heterocycles. The van der Waals surface area contributed by atoms with Gasteiger partial charge in [0.25, 0.3) is 11.6 Å². The van der Waals surface area contributed by atoms with Gasteiger partial charge in [-0.2, -0.15) is 0 Å². The van der Waals surface area contributed by atoms with Gasteiger partial charge in [0.1, 0.15) is 11.5 Å². The summed E-state index contributed by atoms with van der Waals surface area (Å²) >= 11 is 0. The van der Waals surface area contributed by atoms with Crippen LogP contribution in [-0.4, -0.2) is 30.0 Å². The van der Waals surface area contributed by atoms with Crippen LogP contribution in [0.1, 0.15) is 6.42 Å². The largest absolute Gasteiger partial charge is 0.493 e. The Morgan fingerprint density at radius 2 is 1.81 bits per heavy atom. The zero-order valence-electron chi connectivity index (χ0n) is 13.7. The fourth-order valence-electron chi connectivity index (χ4n) is 1.94. The van der Waals surface area contributed by atoms with E-state index in [4.69, 9.17) is 15.2 Å². The molecule has 2 amide bonds. The van der Waals surface area contributed by atoms with Gasteiger partial charge in [0.2, 0.25) is 5.91 Å². The number of nitrogens with one attached hydrogen (secondary N) is 1. The van der Waals surface area contributed by atoms with Crippen LogP contribution in [0.25, 0.3) is 0 Å². The molecule has 2 aromatic carbocycles. The summed E-state index contributed by atoms with van der Waals surface area (Å²) in [5.74, 6) is -0.0961. The zero-order valence-corrected chi connectivity index (χ0v) is 13.7. The fraction of sp³-hybridized carbons (Fsp3) is 0.176. The second-order valence-electron chi connectivity index (χ2n) is 5.18. The van der Waals surface area contributed by atoms with E-state index in [9.17, 15) is 19.7 Å². The van der Waals surface area contributed by atoms with Crippen molar-refractivity contribution >= 4 is 23.2 Å². The van der Waals surface area contributed by atoms with Gasteiger partial charge in [0.15, 0.2) is 6.61 Å². The maximum atomic E-state index is 11.9. The number of non-ortho nitro benzene ring substituents is 1. The van der Waals surface area contributed by atoms with E-state index >= 15 is 0 Å². The Labute approximate surface area is 148 Å². The van der Waals surface area contributed by atoms with Crippen molar-refractivity contribution in [3.05, 3.63) is 58.6 Å². The lowest BCUT2D eigenvalue weighted by Crippen LogP contribution is -2.20. The molecule has 3 N–H and O–H groups in total. The molecule has 2 aromatic rings. The number of hydrogen-bond acceptors (Lipinski definition) is 6. The normalized spacial score (nSPS) is 10.0. The Kier molecular flexibility index (Phi) is 6.49. The number of nitro benzene ring substituents is 1. The first-order valence-electron chi connectivity index (χ1n) is 7.62. The molecule has 0 bridgehead atoms. The van der Waals surface area contributed by atoms with Crippen LogP contribution >= 0.6 is 0 Å². The lowest BCUT2D eigenvalue weighted by atomic mass is 10.3. The van der Waals surface area contributed by atoms with Gasteiger partial charge >= 0.3 is 0 Å². The molecule has 0 spiro atoms. The second kappa shape index (κ2) is 9.02. The molecule has 2 rings (SSSR count). The maximum Gasteiger partial charge on any atom is 0.273 e. The van der Waals surface area contributed by atoms with Crippen molar-refractivity contribution in [3.63, 3.8) is 0 Å². The number of nitro groups is 1. The number of amides is 2. The number of nitrogens with zero attached hydrogens (tertiary/aromatic N) is 1. The van der Waals surface area contributed by atoms with Crippen LogP contribution in [0.5, 0.6) is 11.5 Å². The van der Waals surface area contributed by atoms with Crippen molar-refractivity contribution < 1.29 is 24.0 Å². The Hall–Kier alpha value is -3.62. The summed E-state index contributed by atoms with van der Waals surface area (Å²) in [7, 11) is 0. The van der Waals surface area contributed by atoms with Gasteiger partial charge < -0.3 is 20.5 Å². The van der Waals surface area contributed by atoms with Crippen LogP contribution in [0.2, 0.25) is 0 Å². The van der Waals surface area contributed by atoms with Gasteiger partial charge in [-0.1, -0.05) is 6.07 Å². The lowest BCUT2D eigenvalue weighted by Gasteiger charge is -2.09. The number of ether oxygens (including phenoxy) is 2. The summed E-state index contributed by atoms with van der Waals surface area (Å²) in [5, 5.41) is 13.3. The maximum absolute atomic E-state index is 11.9. The fourth-order valence-corrected chi connectivity index (χ4v) is 1.94. The molecule has 0 heterocycles. The Morgan fingerprint density at radius 3 is 2.46 bits per heavy atom. The topological polar surface area (TPSA) is 134 Å². The summed E-state index contributed by atoms with van der Waals surface area (Å²) < 4.78 is 10.6. The molecule has 0 aliphatic carbocycles. The molecule has 0 unspecified atom stereocenters. The van der Waals surface area contributed by atoms with Crippen LogP contribution in [0.4, 0.5) is 11.4 Å². The third kappa shape index (κ3) is 6.11. The predicted octanol–water partition coefficient (Wildman–Crippen LogP) is 1.87. The summed E-state index contributed by atoms with van der Waals surface area (Å²) in [4.78, 5) is 32.7. The van der Waals surface area contributed by atoms with Crippen LogP contribution in [-0.2, 0) is 9.59 Å². The molecule has 0 atom stereocenters. The van der Waals surface area contributed by atoms with Gasteiger partial charge in [0.05, 0.1) is 24.0 Å². The van der Waals surface area contributed by atoms with Gasteiger partial charge in [0, 0.05) is 11.8 Å². The van der Waals surface area contributed by atoms with Crippen molar-refractivity contribution in [2.24, 2.45) is 5.73 Å².